The summed E-state index contributed by atoms with van der Waals surface area (Å²) in [5.74, 6) is 0.827. The van der Waals surface area contributed by atoms with Crippen molar-refractivity contribution in [3.63, 3.8) is 0 Å². The first-order valence-electron chi connectivity index (χ1n) is 11.4. The number of amides is 1. The molecule has 2 aromatic carbocycles. The summed E-state index contributed by atoms with van der Waals surface area (Å²) in [6.45, 7) is 8.38. The van der Waals surface area contributed by atoms with E-state index < -0.39 is 16.1 Å². The molecular weight excluding hydrogens is 458 g/mol. The van der Waals surface area contributed by atoms with Crippen LogP contribution in [0.4, 0.5) is 11.4 Å². The molecule has 1 amide bonds. The number of nitrogens with one attached hydrogen (secondary N) is 1. The molecule has 2 aromatic rings. The molecule has 1 atom stereocenters. The Morgan fingerprint density at radius 3 is 2.29 bits per heavy atom. The second-order valence-electron chi connectivity index (χ2n) is 7.79. The van der Waals surface area contributed by atoms with Crippen molar-refractivity contribution < 1.29 is 27.4 Å². The number of sulfonamides is 1. The third-order valence-electron chi connectivity index (χ3n) is 5.68. The Bertz CT molecular complexity index is 1060. The Labute approximate surface area is 201 Å². The number of rotatable bonds is 10. The van der Waals surface area contributed by atoms with Crippen molar-refractivity contribution in [1.82, 2.24) is 4.31 Å². The summed E-state index contributed by atoms with van der Waals surface area (Å²) in [7, 11) is -2.14. The standard InChI is InChI=1S/C24H33N3O6S/c1-5-26(6-2)23-12-11-21(34(29,30)27-13-15-32-16-14-27)17-22(23)25-24(28)18(3)33-20-9-7-19(31-4)8-10-20/h7-12,17-18H,5-6,13-16H2,1-4H3,(H,25,28). The van der Waals surface area contributed by atoms with Gasteiger partial charge in [-0.15, -0.1) is 0 Å². The monoisotopic (exact) mass is 491 g/mol. The zero-order valence-electron chi connectivity index (χ0n) is 20.1. The van der Waals surface area contributed by atoms with Gasteiger partial charge in [-0.1, -0.05) is 0 Å². The molecule has 1 aliphatic heterocycles. The van der Waals surface area contributed by atoms with Crippen LogP contribution in [0, 0.1) is 0 Å². The topological polar surface area (TPSA) is 97.4 Å². The summed E-state index contributed by atoms with van der Waals surface area (Å²) in [5.41, 5.74) is 1.17. The Balaban J connectivity index is 1.85. The van der Waals surface area contributed by atoms with E-state index >= 15 is 0 Å². The Morgan fingerprint density at radius 1 is 1.09 bits per heavy atom. The summed E-state index contributed by atoms with van der Waals surface area (Å²) in [5, 5.41) is 2.88. The lowest BCUT2D eigenvalue weighted by Crippen LogP contribution is -2.40. The van der Waals surface area contributed by atoms with Crippen molar-refractivity contribution in [3.8, 4) is 11.5 Å². The molecule has 0 bridgehead atoms. The van der Waals surface area contributed by atoms with Gasteiger partial charge in [0.25, 0.3) is 5.91 Å². The van der Waals surface area contributed by atoms with E-state index in [1.54, 1.807) is 50.4 Å². The molecule has 0 spiro atoms. The lowest BCUT2D eigenvalue weighted by atomic mass is 10.2. The third-order valence-corrected chi connectivity index (χ3v) is 7.57. The highest BCUT2D eigenvalue weighted by Crippen LogP contribution is 2.31. The van der Waals surface area contributed by atoms with Gasteiger partial charge >= 0.3 is 0 Å². The SMILES string of the molecule is CCN(CC)c1ccc(S(=O)(=O)N2CCOCC2)cc1NC(=O)C(C)Oc1ccc(OC)cc1. The van der Waals surface area contributed by atoms with Crippen LogP contribution in [-0.4, -0.2) is 71.2 Å². The van der Waals surface area contributed by atoms with Crippen molar-refractivity contribution >= 4 is 27.3 Å². The van der Waals surface area contributed by atoms with E-state index in [1.807, 2.05) is 13.8 Å². The fourth-order valence-electron chi connectivity index (χ4n) is 3.70. The van der Waals surface area contributed by atoms with Crippen LogP contribution in [0.3, 0.4) is 0 Å². The molecule has 1 saturated heterocycles. The number of carbonyl (C=O) groups excluding carboxylic acids is 1. The zero-order valence-corrected chi connectivity index (χ0v) is 20.9. The quantitative estimate of drug-likeness (QED) is 0.546. The number of benzene rings is 2. The van der Waals surface area contributed by atoms with Crippen LogP contribution in [0.25, 0.3) is 0 Å². The average molecular weight is 492 g/mol. The van der Waals surface area contributed by atoms with Crippen molar-refractivity contribution in [3.05, 3.63) is 42.5 Å². The maximum atomic E-state index is 13.2. The fourth-order valence-corrected chi connectivity index (χ4v) is 5.13. The first-order chi connectivity index (χ1) is 16.3. The van der Waals surface area contributed by atoms with Crippen LogP contribution in [0.2, 0.25) is 0 Å². The van der Waals surface area contributed by atoms with Crippen LogP contribution < -0.4 is 19.7 Å². The van der Waals surface area contributed by atoms with Crippen LogP contribution in [0.15, 0.2) is 47.4 Å². The van der Waals surface area contributed by atoms with Gasteiger partial charge in [-0.05, 0) is 63.2 Å². The molecule has 34 heavy (non-hydrogen) atoms. The summed E-state index contributed by atoms with van der Waals surface area (Å²) in [6.07, 6.45) is -0.808. The smallest absolute Gasteiger partial charge is 0.265 e. The highest BCUT2D eigenvalue weighted by Gasteiger charge is 2.28. The van der Waals surface area contributed by atoms with Crippen molar-refractivity contribution in [1.29, 1.82) is 0 Å². The molecular formula is C24H33N3O6S. The van der Waals surface area contributed by atoms with E-state index in [-0.39, 0.29) is 10.8 Å². The molecule has 9 nitrogen and oxygen atoms in total. The molecule has 1 N–H and O–H groups in total. The van der Waals surface area contributed by atoms with Gasteiger partial charge in [0.1, 0.15) is 11.5 Å². The Morgan fingerprint density at radius 2 is 1.71 bits per heavy atom. The highest BCUT2D eigenvalue weighted by molar-refractivity contribution is 7.89. The van der Waals surface area contributed by atoms with E-state index in [9.17, 15) is 13.2 Å². The van der Waals surface area contributed by atoms with Crippen LogP contribution >= 0.6 is 0 Å². The van der Waals surface area contributed by atoms with Gasteiger partial charge in [0, 0.05) is 26.2 Å². The lowest BCUT2D eigenvalue weighted by molar-refractivity contribution is -0.122. The molecule has 0 radical (unpaired) electrons. The Kier molecular flexibility index (Phi) is 8.76. The van der Waals surface area contributed by atoms with Crippen molar-refractivity contribution in [2.24, 2.45) is 0 Å². The van der Waals surface area contributed by atoms with Gasteiger partial charge in [-0.25, -0.2) is 8.42 Å². The zero-order chi connectivity index (χ0) is 24.7. The number of morpholine rings is 1. The number of hydrogen-bond acceptors (Lipinski definition) is 7. The predicted molar refractivity (Wildman–Crippen MR) is 131 cm³/mol. The molecule has 0 aromatic heterocycles. The predicted octanol–water partition coefficient (Wildman–Crippen LogP) is 2.97. The normalized spacial score (nSPS) is 15.4. The number of nitrogens with zero attached hydrogens (tertiary/aromatic N) is 2. The van der Waals surface area contributed by atoms with E-state index in [4.69, 9.17) is 14.2 Å². The van der Waals surface area contributed by atoms with Gasteiger partial charge in [-0.2, -0.15) is 4.31 Å². The van der Waals surface area contributed by atoms with E-state index in [1.165, 1.54) is 10.4 Å². The molecule has 1 heterocycles. The third kappa shape index (κ3) is 5.99. The maximum Gasteiger partial charge on any atom is 0.265 e. The second-order valence-corrected chi connectivity index (χ2v) is 9.73. The van der Waals surface area contributed by atoms with Gasteiger partial charge in [0.05, 0.1) is 36.6 Å². The minimum atomic E-state index is -3.71. The Hall–Kier alpha value is -2.82. The van der Waals surface area contributed by atoms with Gasteiger partial charge in [0.15, 0.2) is 6.10 Å². The molecule has 10 heteroatoms. The molecule has 0 aliphatic carbocycles. The second kappa shape index (κ2) is 11.5. The summed E-state index contributed by atoms with van der Waals surface area (Å²) in [4.78, 5) is 15.2. The molecule has 1 fully saturated rings. The largest absolute Gasteiger partial charge is 0.497 e. The molecule has 1 unspecified atom stereocenters. The fraction of sp³-hybridized carbons (Fsp3) is 0.458. The highest BCUT2D eigenvalue weighted by atomic mass is 32.2. The molecule has 186 valence electrons. The summed E-state index contributed by atoms with van der Waals surface area (Å²) < 4.78 is 44.0. The van der Waals surface area contributed by atoms with Gasteiger partial charge in [0.2, 0.25) is 10.0 Å². The van der Waals surface area contributed by atoms with Crippen LogP contribution in [0.5, 0.6) is 11.5 Å². The lowest BCUT2D eigenvalue weighted by Gasteiger charge is -2.28. The first-order valence-corrected chi connectivity index (χ1v) is 12.8. The van der Waals surface area contributed by atoms with E-state index in [0.717, 1.165) is 5.69 Å². The minimum absolute atomic E-state index is 0.129. The first kappa shape index (κ1) is 25.8. The van der Waals surface area contributed by atoms with Crippen molar-refractivity contribution in [2.45, 2.75) is 31.8 Å². The summed E-state index contributed by atoms with van der Waals surface area (Å²) >= 11 is 0. The van der Waals surface area contributed by atoms with Crippen LogP contribution in [-0.2, 0) is 19.6 Å². The minimum Gasteiger partial charge on any atom is -0.497 e. The molecule has 0 saturated carbocycles. The van der Waals surface area contributed by atoms with Crippen molar-refractivity contribution in [2.75, 3.05) is 56.7 Å². The summed E-state index contributed by atoms with van der Waals surface area (Å²) in [6, 6.07) is 11.8. The van der Waals surface area contributed by atoms with Gasteiger partial charge < -0.3 is 24.4 Å². The van der Waals surface area contributed by atoms with Gasteiger partial charge in [-0.3, -0.25) is 4.79 Å². The molecule has 3 rings (SSSR count). The maximum absolute atomic E-state index is 13.2. The van der Waals surface area contributed by atoms with Crippen LogP contribution in [0.1, 0.15) is 20.8 Å². The van der Waals surface area contributed by atoms with E-state index in [2.05, 4.69) is 10.2 Å². The number of anilines is 2. The molecule has 1 aliphatic rings. The van der Waals surface area contributed by atoms with E-state index in [0.29, 0.717) is 56.6 Å². The number of carbonyl (C=O) groups is 1. The number of methoxy groups -OCH3 is 1. The number of hydrogen-bond donors (Lipinski definition) is 1. The number of ether oxygens (including phenoxy) is 3. The average Bonchev–Trinajstić information content (AvgIpc) is 2.86.